The molecule has 33 valence electrons. The first kappa shape index (κ1) is 5.63. The van der Waals surface area contributed by atoms with Crippen LogP contribution in [0.3, 0.4) is 0 Å². The molecular weight excluding hydrogens is 103 g/mol. The molecule has 6 heavy (non-hydrogen) atoms. The van der Waals surface area contributed by atoms with Crippen molar-refractivity contribution in [1.29, 1.82) is 0 Å². The van der Waals surface area contributed by atoms with Gasteiger partial charge in [-0.1, -0.05) is 0 Å². The Bertz CT molecular complexity index is 69.2. The molecular formula is C3H2ClO2. The van der Waals surface area contributed by atoms with Crippen LogP contribution in [0.25, 0.3) is 0 Å². The molecule has 0 heterocycles. The second kappa shape index (κ2) is 2.85. The van der Waals surface area contributed by atoms with Crippen LogP contribution in [0.1, 0.15) is 6.42 Å². The summed E-state index contributed by atoms with van der Waals surface area (Å²) in [6.07, 6.45) is 1.03. The highest BCUT2D eigenvalue weighted by Crippen LogP contribution is 1.80. The molecule has 0 rings (SSSR count). The predicted octanol–water partition coefficient (Wildman–Crippen LogP) is 0.252. The van der Waals surface area contributed by atoms with Crippen molar-refractivity contribution in [2.45, 2.75) is 6.42 Å². The van der Waals surface area contributed by atoms with Gasteiger partial charge < -0.3 is 0 Å². The summed E-state index contributed by atoms with van der Waals surface area (Å²) in [5.41, 5.74) is 0. The maximum absolute atomic E-state index is 9.55. The van der Waals surface area contributed by atoms with Gasteiger partial charge in [-0.15, -0.1) is 0 Å². The highest BCUT2D eigenvalue weighted by atomic mass is 35.5. The molecule has 0 aromatic rings. The lowest BCUT2D eigenvalue weighted by atomic mass is 10.5. The molecule has 0 fully saturated rings. The van der Waals surface area contributed by atoms with Crippen molar-refractivity contribution in [3.63, 3.8) is 0 Å². The summed E-state index contributed by atoms with van der Waals surface area (Å²) in [6.45, 7) is 0. The number of hydrogen-bond acceptors (Lipinski definition) is 2. The minimum atomic E-state index is -0.662. The van der Waals surface area contributed by atoms with E-state index >= 15 is 0 Å². The fourth-order valence-corrected chi connectivity index (χ4v) is 0.111. The molecule has 0 aliphatic heterocycles. The van der Waals surface area contributed by atoms with E-state index in [4.69, 9.17) is 0 Å². The van der Waals surface area contributed by atoms with Crippen LogP contribution in [0.15, 0.2) is 0 Å². The van der Waals surface area contributed by atoms with Gasteiger partial charge in [0.2, 0.25) is 11.5 Å². The molecule has 1 radical (unpaired) electrons. The van der Waals surface area contributed by atoms with Crippen molar-refractivity contribution in [3.05, 3.63) is 0 Å². The normalized spacial score (nSPS) is 7.50. The lowest BCUT2D eigenvalue weighted by molar-refractivity contribution is -0.110. The van der Waals surface area contributed by atoms with Crippen molar-refractivity contribution < 1.29 is 9.59 Å². The van der Waals surface area contributed by atoms with Crippen LogP contribution in [0.4, 0.5) is 0 Å². The van der Waals surface area contributed by atoms with Gasteiger partial charge in [-0.2, -0.15) is 0 Å². The first-order valence-electron chi connectivity index (χ1n) is 1.30. The molecule has 0 aliphatic carbocycles. The van der Waals surface area contributed by atoms with Crippen LogP contribution in [-0.4, -0.2) is 11.5 Å². The van der Waals surface area contributed by atoms with E-state index in [1.165, 1.54) is 6.29 Å². The summed E-state index contributed by atoms with van der Waals surface area (Å²) < 4.78 is 0. The maximum Gasteiger partial charge on any atom is 0.229 e. The topological polar surface area (TPSA) is 34.1 Å². The Morgan fingerprint density at radius 3 is 2.33 bits per heavy atom. The fourth-order valence-electron chi connectivity index (χ4n) is 0.0567. The SMILES string of the molecule is O=[C]CC(=O)Cl. The van der Waals surface area contributed by atoms with E-state index in [-0.39, 0.29) is 6.42 Å². The third-order valence-electron chi connectivity index (χ3n) is 0.211. The maximum atomic E-state index is 9.55. The highest BCUT2D eigenvalue weighted by molar-refractivity contribution is 6.64. The van der Waals surface area contributed by atoms with Crippen molar-refractivity contribution in [2.75, 3.05) is 0 Å². The van der Waals surface area contributed by atoms with Gasteiger partial charge in [0.05, 0.1) is 6.42 Å². The second-order valence-corrected chi connectivity index (χ2v) is 1.10. The Morgan fingerprint density at radius 2 is 2.33 bits per heavy atom. The first-order chi connectivity index (χ1) is 2.77. The molecule has 2 nitrogen and oxygen atoms in total. The number of hydrogen-bond donors (Lipinski definition) is 0. The summed E-state index contributed by atoms with van der Waals surface area (Å²) >= 11 is 4.68. The zero-order valence-electron chi connectivity index (χ0n) is 2.90. The predicted molar refractivity (Wildman–Crippen MR) is 21.2 cm³/mol. The fraction of sp³-hybridized carbons (Fsp3) is 0.333. The molecule has 0 unspecified atom stereocenters. The summed E-state index contributed by atoms with van der Waals surface area (Å²) in [5, 5.41) is -0.662. The van der Waals surface area contributed by atoms with Gasteiger partial charge in [-0.25, -0.2) is 0 Å². The van der Waals surface area contributed by atoms with Gasteiger partial charge in [0.15, 0.2) is 0 Å². The van der Waals surface area contributed by atoms with Gasteiger partial charge in [-0.05, 0) is 11.6 Å². The van der Waals surface area contributed by atoms with Crippen LogP contribution in [0.5, 0.6) is 0 Å². The minimum Gasteiger partial charge on any atom is -0.290 e. The average Bonchev–Trinajstić information content (AvgIpc) is 1.35. The summed E-state index contributed by atoms with van der Waals surface area (Å²) in [5.74, 6) is 0. The van der Waals surface area contributed by atoms with Crippen LogP contribution in [-0.2, 0) is 9.59 Å². The third-order valence-corrected chi connectivity index (χ3v) is 0.345. The van der Waals surface area contributed by atoms with Crippen LogP contribution in [0, 0.1) is 0 Å². The quantitative estimate of drug-likeness (QED) is 0.373. The van der Waals surface area contributed by atoms with E-state index < -0.39 is 5.24 Å². The number of halogens is 1. The van der Waals surface area contributed by atoms with E-state index in [1.54, 1.807) is 0 Å². The molecule has 0 amide bonds. The molecule has 0 saturated heterocycles. The molecule has 0 saturated carbocycles. The van der Waals surface area contributed by atoms with Crippen LogP contribution < -0.4 is 0 Å². The lowest BCUT2D eigenvalue weighted by Crippen LogP contribution is -1.83. The molecule has 0 N–H and O–H groups in total. The molecule has 0 bridgehead atoms. The van der Waals surface area contributed by atoms with Gasteiger partial charge in [-0.3, -0.25) is 9.59 Å². The second-order valence-electron chi connectivity index (χ2n) is 0.676. The first-order valence-corrected chi connectivity index (χ1v) is 1.68. The number of rotatable bonds is 2. The van der Waals surface area contributed by atoms with E-state index in [1.807, 2.05) is 0 Å². The van der Waals surface area contributed by atoms with E-state index in [2.05, 4.69) is 11.6 Å². The zero-order chi connectivity index (χ0) is 4.99. The smallest absolute Gasteiger partial charge is 0.229 e. The molecule has 0 spiro atoms. The molecule has 0 atom stereocenters. The van der Waals surface area contributed by atoms with E-state index in [0.717, 1.165) is 0 Å². The minimum absolute atomic E-state index is 0.304. The van der Waals surface area contributed by atoms with Crippen molar-refractivity contribution >= 4 is 23.1 Å². The number of carbonyl (C=O) groups is 1. The Hall–Kier alpha value is -0.370. The molecule has 0 aromatic carbocycles. The van der Waals surface area contributed by atoms with Crippen molar-refractivity contribution in [3.8, 4) is 0 Å². The Morgan fingerprint density at radius 1 is 1.83 bits per heavy atom. The van der Waals surface area contributed by atoms with Crippen molar-refractivity contribution in [2.24, 2.45) is 0 Å². The van der Waals surface area contributed by atoms with Gasteiger partial charge in [0, 0.05) is 0 Å². The molecule has 0 aromatic heterocycles. The average molecular weight is 106 g/mol. The lowest BCUT2D eigenvalue weighted by Gasteiger charge is -1.66. The highest BCUT2D eigenvalue weighted by Gasteiger charge is 1.89. The van der Waals surface area contributed by atoms with Gasteiger partial charge in [0.1, 0.15) is 0 Å². The summed E-state index contributed by atoms with van der Waals surface area (Å²) in [6, 6.07) is 0. The van der Waals surface area contributed by atoms with Crippen molar-refractivity contribution in [1.82, 2.24) is 0 Å². The molecule has 0 aliphatic rings. The largest absolute Gasteiger partial charge is 0.290 e. The zero-order valence-corrected chi connectivity index (χ0v) is 3.66. The standard InChI is InChI=1S/C3H2ClO2/c4-3(6)1-2-5/h1H2. The number of carbonyl (C=O) groups excluding carboxylic acids is 2. The van der Waals surface area contributed by atoms with E-state index in [0.29, 0.717) is 0 Å². The monoisotopic (exact) mass is 105 g/mol. The van der Waals surface area contributed by atoms with Crippen LogP contribution in [0.2, 0.25) is 0 Å². The summed E-state index contributed by atoms with van der Waals surface area (Å²) in [4.78, 5) is 18.7. The third kappa shape index (κ3) is 3.63. The van der Waals surface area contributed by atoms with Crippen LogP contribution >= 0.6 is 11.6 Å². The Balaban J connectivity index is 3.05. The Kier molecular flexibility index (Phi) is 2.67. The summed E-state index contributed by atoms with van der Waals surface area (Å²) in [7, 11) is 0. The Labute approximate surface area is 40.1 Å². The van der Waals surface area contributed by atoms with E-state index in [9.17, 15) is 9.59 Å². The van der Waals surface area contributed by atoms with Gasteiger partial charge >= 0.3 is 0 Å². The molecule has 3 heteroatoms. The van der Waals surface area contributed by atoms with Gasteiger partial charge in [0.25, 0.3) is 0 Å².